The first-order valence-electron chi connectivity index (χ1n) is 5.24. The number of nitro benzene ring substituents is 1. The van der Waals surface area contributed by atoms with Crippen molar-refractivity contribution in [2.75, 3.05) is 0 Å². The minimum atomic E-state index is -0.505. The number of hydrogen-bond acceptors (Lipinski definition) is 4. The van der Waals surface area contributed by atoms with Crippen molar-refractivity contribution in [3.05, 3.63) is 62.4 Å². The van der Waals surface area contributed by atoms with Crippen LogP contribution in [0.3, 0.4) is 0 Å². The molecule has 0 N–H and O–H groups in total. The molecule has 0 saturated carbocycles. The van der Waals surface area contributed by atoms with Crippen LogP contribution < -0.4 is 4.74 Å². The first-order valence-corrected chi connectivity index (χ1v) is 5.99. The predicted molar refractivity (Wildman–Crippen MR) is 71.7 cm³/mol. The summed E-state index contributed by atoms with van der Waals surface area (Å²) in [4.78, 5) is 14.2. The zero-order valence-electron chi connectivity index (χ0n) is 9.55. The number of hydrogen-bond donors (Lipinski definition) is 0. The van der Waals surface area contributed by atoms with E-state index in [0.717, 1.165) is 0 Å². The second-order valence-corrected chi connectivity index (χ2v) is 4.41. The summed E-state index contributed by atoms with van der Waals surface area (Å²) in [6.45, 7) is 0.0128. The molecule has 7 heteroatoms. The van der Waals surface area contributed by atoms with Gasteiger partial charge in [0.1, 0.15) is 6.61 Å². The fraction of sp³-hybridized carbons (Fsp3) is 0.0833. The molecule has 0 aliphatic heterocycles. The highest BCUT2D eigenvalue weighted by Gasteiger charge is 2.15. The van der Waals surface area contributed by atoms with Gasteiger partial charge in [-0.3, -0.25) is 10.1 Å². The first kappa shape index (κ1) is 13.6. The Balaban J connectivity index is 2.20. The Labute approximate surface area is 118 Å². The van der Waals surface area contributed by atoms with Gasteiger partial charge >= 0.3 is 0 Å². The van der Waals surface area contributed by atoms with Gasteiger partial charge in [-0.15, -0.1) is 0 Å². The van der Waals surface area contributed by atoms with Gasteiger partial charge in [0, 0.05) is 17.3 Å². The Morgan fingerprint density at radius 2 is 2.11 bits per heavy atom. The topological polar surface area (TPSA) is 65.3 Å². The molecular formula is C12H8Cl2N2O3. The van der Waals surface area contributed by atoms with Gasteiger partial charge in [0.15, 0.2) is 10.9 Å². The van der Waals surface area contributed by atoms with E-state index >= 15 is 0 Å². The molecule has 1 aromatic heterocycles. The van der Waals surface area contributed by atoms with Crippen molar-refractivity contribution in [3.63, 3.8) is 0 Å². The van der Waals surface area contributed by atoms with Crippen LogP contribution in [0.5, 0.6) is 5.75 Å². The zero-order chi connectivity index (χ0) is 13.8. The summed E-state index contributed by atoms with van der Waals surface area (Å²) in [5.41, 5.74) is 0.321. The van der Waals surface area contributed by atoms with Gasteiger partial charge in [0.05, 0.1) is 10.5 Å². The minimum Gasteiger partial charge on any atom is -0.485 e. The van der Waals surface area contributed by atoms with Crippen molar-refractivity contribution in [3.8, 4) is 5.75 Å². The Hall–Kier alpha value is -1.85. The van der Waals surface area contributed by atoms with E-state index in [-0.39, 0.29) is 17.4 Å². The molecule has 0 atom stereocenters. The number of aromatic nitrogens is 1. The van der Waals surface area contributed by atoms with Crippen LogP contribution in [0.4, 0.5) is 5.69 Å². The Morgan fingerprint density at radius 1 is 1.32 bits per heavy atom. The maximum Gasteiger partial charge on any atom is 0.277 e. The summed E-state index contributed by atoms with van der Waals surface area (Å²) >= 11 is 11.6. The van der Waals surface area contributed by atoms with Gasteiger partial charge in [-0.1, -0.05) is 23.2 Å². The second-order valence-electron chi connectivity index (χ2n) is 3.61. The summed E-state index contributed by atoms with van der Waals surface area (Å²) in [6, 6.07) is 7.70. The fourth-order valence-electron chi connectivity index (χ4n) is 1.46. The van der Waals surface area contributed by atoms with Crippen LogP contribution in [0.1, 0.15) is 5.56 Å². The highest BCUT2D eigenvalue weighted by Crippen LogP contribution is 2.26. The van der Waals surface area contributed by atoms with Gasteiger partial charge < -0.3 is 4.74 Å². The third-order valence-electron chi connectivity index (χ3n) is 2.35. The summed E-state index contributed by atoms with van der Waals surface area (Å²) in [5, 5.41) is 11.4. The molecule has 0 radical (unpaired) electrons. The van der Waals surface area contributed by atoms with Crippen molar-refractivity contribution < 1.29 is 9.66 Å². The molecule has 2 aromatic rings. The highest BCUT2D eigenvalue weighted by atomic mass is 35.5. The number of pyridine rings is 1. The maximum atomic E-state index is 10.9. The van der Waals surface area contributed by atoms with Gasteiger partial charge in [0.2, 0.25) is 0 Å². The fourth-order valence-corrected chi connectivity index (χ4v) is 1.80. The predicted octanol–water partition coefficient (Wildman–Crippen LogP) is 3.88. The molecule has 0 aliphatic rings. The summed E-state index contributed by atoms with van der Waals surface area (Å²) in [6.07, 6.45) is 1.53. The van der Waals surface area contributed by atoms with Gasteiger partial charge in [-0.25, -0.2) is 4.98 Å². The molecule has 5 nitrogen and oxygen atoms in total. The number of rotatable bonds is 4. The van der Waals surface area contributed by atoms with E-state index in [2.05, 4.69) is 4.98 Å². The van der Waals surface area contributed by atoms with Crippen molar-refractivity contribution in [1.29, 1.82) is 0 Å². The van der Waals surface area contributed by atoms with Crippen LogP contribution in [0.25, 0.3) is 0 Å². The zero-order valence-corrected chi connectivity index (χ0v) is 11.1. The minimum absolute atomic E-state index is 0.0128. The highest BCUT2D eigenvalue weighted by molar-refractivity contribution is 6.31. The lowest BCUT2D eigenvalue weighted by atomic mass is 10.2. The quantitative estimate of drug-likeness (QED) is 0.488. The van der Waals surface area contributed by atoms with E-state index < -0.39 is 4.92 Å². The van der Waals surface area contributed by atoms with E-state index in [0.29, 0.717) is 16.3 Å². The van der Waals surface area contributed by atoms with Gasteiger partial charge in [0.25, 0.3) is 5.69 Å². The van der Waals surface area contributed by atoms with Gasteiger partial charge in [-0.2, -0.15) is 0 Å². The van der Waals surface area contributed by atoms with E-state index in [9.17, 15) is 10.1 Å². The van der Waals surface area contributed by atoms with Crippen LogP contribution in [-0.2, 0) is 6.61 Å². The third kappa shape index (κ3) is 3.33. The molecule has 0 aliphatic carbocycles. The van der Waals surface area contributed by atoms with E-state index in [1.54, 1.807) is 24.3 Å². The molecule has 1 aromatic carbocycles. The Bertz CT molecular complexity index is 620. The monoisotopic (exact) mass is 298 g/mol. The smallest absolute Gasteiger partial charge is 0.277 e. The van der Waals surface area contributed by atoms with E-state index in [1.165, 1.54) is 12.3 Å². The second kappa shape index (κ2) is 5.86. The maximum absolute atomic E-state index is 10.9. The molecule has 2 rings (SSSR count). The lowest BCUT2D eigenvalue weighted by Crippen LogP contribution is -2.01. The molecule has 19 heavy (non-hydrogen) atoms. The number of nitro groups is 1. The molecule has 0 amide bonds. The largest absolute Gasteiger partial charge is 0.485 e. The first-order chi connectivity index (χ1) is 9.08. The third-order valence-corrected chi connectivity index (χ3v) is 2.87. The number of ether oxygens (including phenoxy) is 1. The van der Waals surface area contributed by atoms with E-state index in [4.69, 9.17) is 27.9 Å². The molecule has 0 saturated heterocycles. The van der Waals surface area contributed by atoms with Gasteiger partial charge in [-0.05, 0) is 24.3 Å². The average molecular weight is 299 g/mol. The van der Waals surface area contributed by atoms with Crippen LogP contribution in [0.15, 0.2) is 36.5 Å². The normalized spacial score (nSPS) is 10.2. The van der Waals surface area contributed by atoms with Crippen molar-refractivity contribution in [1.82, 2.24) is 4.98 Å². The van der Waals surface area contributed by atoms with Crippen LogP contribution in [0.2, 0.25) is 10.2 Å². The van der Waals surface area contributed by atoms with Crippen molar-refractivity contribution in [2.24, 2.45) is 0 Å². The van der Waals surface area contributed by atoms with Crippen LogP contribution >= 0.6 is 23.2 Å². The molecule has 0 fully saturated rings. The van der Waals surface area contributed by atoms with Crippen molar-refractivity contribution >= 4 is 28.9 Å². The summed E-state index contributed by atoms with van der Waals surface area (Å²) in [7, 11) is 0. The SMILES string of the molecule is O=[N+]([O-])c1cc(Cl)ccc1COc1cccnc1Cl. The van der Waals surface area contributed by atoms with E-state index in [1.807, 2.05) is 0 Å². The lowest BCUT2D eigenvalue weighted by molar-refractivity contribution is -0.385. The standard InChI is InChI=1S/C12H8Cl2N2O3/c13-9-4-3-8(10(6-9)16(17)18)7-19-11-2-1-5-15-12(11)14/h1-6H,7H2. The summed E-state index contributed by atoms with van der Waals surface area (Å²) < 4.78 is 5.41. The Morgan fingerprint density at radius 3 is 2.79 bits per heavy atom. The molecule has 0 spiro atoms. The molecule has 1 heterocycles. The number of halogens is 2. The average Bonchev–Trinajstić information content (AvgIpc) is 2.38. The molecule has 98 valence electrons. The van der Waals surface area contributed by atoms with Crippen LogP contribution in [0, 0.1) is 10.1 Å². The molecular weight excluding hydrogens is 291 g/mol. The van der Waals surface area contributed by atoms with Crippen molar-refractivity contribution in [2.45, 2.75) is 6.61 Å². The lowest BCUT2D eigenvalue weighted by Gasteiger charge is -2.07. The Kier molecular flexibility index (Phi) is 4.19. The number of benzene rings is 1. The summed E-state index contributed by atoms with van der Waals surface area (Å²) in [5.74, 6) is 0.369. The molecule has 0 unspecified atom stereocenters. The van der Waals surface area contributed by atoms with Crippen LogP contribution in [-0.4, -0.2) is 9.91 Å². The number of nitrogens with zero attached hydrogens (tertiary/aromatic N) is 2. The molecule has 0 bridgehead atoms.